The Balaban J connectivity index is 1.99. The maximum Gasteiger partial charge on any atom is 0.198 e. The lowest BCUT2D eigenvalue weighted by molar-refractivity contribution is 0.223. The van der Waals surface area contributed by atoms with E-state index in [0.29, 0.717) is 0 Å². The Morgan fingerprint density at radius 2 is 2.08 bits per heavy atom. The van der Waals surface area contributed by atoms with Gasteiger partial charge in [-0.3, -0.25) is 0 Å². The minimum Gasteiger partial charge on any atom is -0.394 e. The molecule has 2 rings (SSSR count). The number of benzene rings is 1. The van der Waals surface area contributed by atoms with Crippen molar-refractivity contribution in [1.82, 2.24) is 5.48 Å². The molecule has 0 saturated carbocycles. The molecule has 0 spiro atoms. The molecule has 0 atom stereocenters. The van der Waals surface area contributed by atoms with Gasteiger partial charge in [-0.1, -0.05) is 30.3 Å². The van der Waals surface area contributed by atoms with E-state index in [1.54, 1.807) is 0 Å². The van der Waals surface area contributed by atoms with Crippen molar-refractivity contribution in [2.75, 3.05) is 0 Å². The molecule has 12 heavy (non-hydrogen) atoms. The Morgan fingerprint density at radius 1 is 1.25 bits per heavy atom. The highest BCUT2D eigenvalue weighted by molar-refractivity contribution is 5.50. The van der Waals surface area contributed by atoms with Crippen LogP contribution in [0, 0.1) is 6.17 Å². The second-order valence-corrected chi connectivity index (χ2v) is 2.56. The van der Waals surface area contributed by atoms with Gasteiger partial charge in [-0.05, 0) is 5.56 Å². The predicted octanol–water partition coefficient (Wildman–Crippen LogP) is 1.28. The topological polar surface area (TPSA) is 33.6 Å². The highest BCUT2D eigenvalue weighted by Crippen LogP contribution is 2.10. The summed E-state index contributed by atoms with van der Waals surface area (Å²) < 4.78 is 0. The van der Waals surface area contributed by atoms with E-state index in [9.17, 15) is 0 Å². The molecular formula is C9H9N2O. The number of hydrogen-bond donors (Lipinski definition) is 1. The molecule has 1 aliphatic heterocycles. The van der Waals surface area contributed by atoms with Crippen LogP contribution in [0.15, 0.2) is 35.3 Å². The normalized spacial score (nSPS) is 16.3. The van der Waals surface area contributed by atoms with E-state index in [1.807, 2.05) is 18.2 Å². The van der Waals surface area contributed by atoms with Crippen LogP contribution < -0.4 is 5.48 Å². The van der Waals surface area contributed by atoms with Gasteiger partial charge in [0, 0.05) is 6.42 Å². The number of aliphatic imine (C=N–C) groups is 1. The average Bonchev–Trinajstić information content (AvgIpc) is 2.59. The van der Waals surface area contributed by atoms with E-state index in [2.05, 4.69) is 22.6 Å². The fourth-order valence-electron chi connectivity index (χ4n) is 1.08. The molecule has 1 heterocycles. The van der Waals surface area contributed by atoms with Gasteiger partial charge in [0.15, 0.2) is 12.6 Å². The summed E-state index contributed by atoms with van der Waals surface area (Å²) in [5.74, 6) is 0. The van der Waals surface area contributed by atoms with E-state index in [4.69, 9.17) is 4.84 Å². The summed E-state index contributed by atoms with van der Waals surface area (Å²) in [6.07, 6.45) is 3.04. The number of nitrogens with zero attached hydrogens (tertiary/aromatic N) is 1. The maximum atomic E-state index is 4.75. The second-order valence-electron chi connectivity index (χ2n) is 2.56. The summed E-state index contributed by atoms with van der Waals surface area (Å²) in [6, 6.07) is 10.1. The fraction of sp³-hybridized carbons (Fsp3) is 0.111. The molecule has 0 saturated heterocycles. The number of hydroxylamine groups is 1. The van der Waals surface area contributed by atoms with Crippen molar-refractivity contribution in [2.24, 2.45) is 4.99 Å². The molecule has 0 bridgehead atoms. The molecule has 3 nitrogen and oxygen atoms in total. The summed E-state index contributed by atoms with van der Waals surface area (Å²) in [6.45, 7) is 0. The summed E-state index contributed by atoms with van der Waals surface area (Å²) in [4.78, 5) is 8.74. The highest BCUT2D eigenvalue weighted by Gasteiger charge is 2.12. The molecule has 0 fully saturated rings. The average molecular weight is 161 g/mol. The summed E-state index contributed by atoms with van der Waals surface area (Å²) in [7, 11) is 0. The number of nitrogens with one attached hydrogen (secondary N) is 1. The minimum atomic E-state index is 0.789. The highest BCUT2D eigenvalue weighted by atomic mass is 16.7. The van der Waals surface area contributed by atoms with Crippen molar-refractivity contribution < 1.29 is 4.84 Å². The molecular weight excluding hydrogens is 152 g/mol. The molecule has 1 aliphatic rings. The van der Waals surface area contributed by atoms with Crippen LogP contribution in [0.3, 0.4) is 0 Å². The zero-order valence-corrected chi connectivity index (χ0v) is 6.53. The molecule has 1 aromatic carbocycles. The van der Waals surface area contributed by atoms with Gasteiger partial charge in [0.25, 0.3) is 0 Å². The van der Waals surface area contributed by atoms with E-state index in [1.165, 1.54) is 12.0 Å². The van der Waals surface area contributed by atoms with Crippen LogP contribution >= 0.6 is 0 Å². The van der Waals surface area contributed by atoms with Gasteiger partial charge < -0.3 is 4.84 Å². The molecule has 0 aliphatic carbocycles. The Kier molecular flexibility index (Phi) is 2.05. The van der Waals surface area contributed by atoms with E-state index in [-0.39, 0.29) is 0 Å². The molecule has 0 amide bonds. The van der Waals surface area contributed by atoms with Crippen LogP contribution in [-0.4, -0.2) is 6.40 Å². The number of hydrogen-bond acceptors (Lipinski definition) is 3. The Bertz CT molecular complexity index is 271. The lowest BCUT2D eigenvalue weighted by Crippen LogP contribution is -2.14. The molecule has 3 heteroatoms. The van der Waals surface area contributed by atoms with Crippen LogP contribution in [0.5, 0.6) is 0 Å². The van der Waals surface area contributed by atoms with Gasteiger partial charge in [-0.2, -0.15) is 0 Å². The molecule has 0 unspecified atom stereocenters. The van der Waals surface area contributed by atoms with Gasteiger partial charge in [0.1, 0.15) is 0 Å². The van der Waals surface area contributed by atoms with Crippen molar-refractivity contribution in [1.29, 1.82) is 0 Å². The van der Waals surface area contributed by atoms with Crippen molar-refractivity contribution in [3.8, 4) is 0 Å². The first-order valence-corrected chi connectivity index (χ1v) is 3.79. The van der Waals surface area contributed by atoms with Crippen molar-refractivity contribution in [3.63, 3.8) is 0 Å². The number of rotatable bonds is 2. The molecule has 1 aromatic rings. The van der Waals surface area contributed by atoms with E-state index in [0.717, 1.165) is 12.6 Å². The maximum absolute atomic E-state index is 4.75. The largest absolute Gasteiger partial charge is 0.394 e. The van der Waals surface area contributed by atoms with Crippen molar-refractivity contribution in [3.05, 3.63) is 42.1 Å². The first kappa shape index (κ1) is 7.31. The summed E-state index contributed by atoms with van der Waals surface area (Å²) in [5, 5.41) is 0. The van der Waals surface area contributed by atoms with E-state index < -0.39 is 0 Å². The smallest absolute Gasteiger partial charge is 0.198 e. The van der Waals surface area contributed by atoms with Crippen LogP contribution in [0.2, 0.25) is 0 Å². The minimum absolute atomic E-state index is 0.789. The predicted molar refractivity (Wildman–Crippen MR) is 46.1 cm³/mol. The van der Waals surface area contributed by atoms with Gasteiger partial charge >= 0.3 is 0 Å². The summed E-state index contributed by atoms with van der Waals surface area (Å²) >= 11 is 0. The Hall–Kier alpha value is -1.35. The Labute approximate surface area is 71.0 Å². The molecule has 1 radical (unpaired) electrons. The monoisotopic (exact) mass is 161 g/mol. The second kappa shape index (κ2) is 3.36. The SMILES string of the molecule is C1=N[C](Cc2ccccc2)NO1. The molecule has 61 valence electrons. The first-order valence-electron chi connectivity index (χ1n) is 3.79. The first-order chi connectivity index (χ1) is 5.95. The standard InChI is InChI=1S/C9H9N2O/c1-2-4-8(5-3-1)6-9-10-7-12-11-9/h1-5,7,11H,6H2. The van der Waals surface area contributed by atoms with Crippen molar-refractivity contribution >= 4 is 6.40 Å². The van der Waals surface area contributed by atoms with Gasteiger partial charge in [-0.25, -0.2) is 4.99 Å². The quantitative estimate of drug-likeness (QED) is 0.708. The third-order valence-corrected chi connectivity index (χ3v) is 1.65. The lowest BCUT2D eigenvalue weighted by Gasteiger charge is -2.03. The zero-order chi connectivity index (χ0) is 8.23. The third kappa shape index (κ3) is 1.62. The van der Waals surface area contributed by atoms with Crippen LogP contribution in [0.1, 0.15) is 5.56 Å². The molecule has 0 aromatic heterocycles. The van der Waals surface area contributed by atoms with E-state index >= 15 is 0 Å². The van der Waals surface area contributed by atoms with Crippen LogP contribution in [-0.2, 0) is 11.3 Å². The Morgan fingerprint density at radius 3 is 2.75 bits per heavy atom. The summed E-state index contributed by atoms with van der Waals surface area (Å²) in [5.41, 5.74) is 3.92. The van der Waals surface area contributed by atoms with Gasteiger partial charge in [-0.15, -0.1) is 5.48 Å². The fourth-order valence-corrected chi connectivity index (χ4v) is 1.08. The molecule has 1 N–H and O–H groups in total. The zero-order valence-electron chi connectivity index (χ0n) is 6.53. The van der Waals surface area contributed by atoms with Gasteiger partial charge in [0.05, 0.1) is 0 Å². The van der Waals surface area contributed by atoms with Gasteiger partial charge in [0.2, 0.25) is 0 Å². The van der Waals surface area contributed by atoms with Crippen LogP contribution in [0.4, 0.5) is 0 Å². The van der Waals surface area contributed by atoms with Crippen LogP contribution in [0.25, 0.3) is 0 Å². The third-order valence-electron chi connectivity index (χ3n) is 1.65. The lowest BCUT2D eigenvalue weighted by atomic mass is 10.1. The van der Waals surface area contributed by atoms with Crippen molar-refractivity contribution in [2.45, 2.75) is 6.42 Å².